The Morgan fingerprint density at radius 3 is 2.69 bits per heavy atom. The van der Waals surface area contributed by atoms with E-state index >= 15 is 0 Å². The van der Waals surface area contributed by atoms with Crippen LogP contribution in [0.2, 0.25) is 0 Å². The van der Waals surface area contributed by atoms with Gasteiger partial charge in [-0.3, -0.25) is 4.79 Å². The molecule has 1 aromatic carbocycles. The number of hydrogen-bond acceptors (Lipinski definition) is 3. The second kappa shape index (κ2) is 6.63. The van der Waals surface area contributed by atoms with Gasteiger partial charge in [-0.25, -0.2) is 9.18 Å². The van der Waals surface area contributed by atoms with Gasteiger partial charge in [-0.1, -0.05) is 6.92 Å². The maximum atomic E-state index is 14.4. The minimum absolute atomic E-state index is 0.0888. The SMILES string of the molecule is CCCn1c(C)c(C(=O)N2CCC(F)(C(=O)O)C2)c2cc(OC)ccc21. The first-order valence-electron chi connectivity index (χ1n) is 8.70. The lowest BCUT2D eigenvalue weighted by molar-refractivity contribution is -0.149. The number of ether oxygens (including phenoxy) is 1. The average molecular weight is 362 g/mol. The van der Waals surface area contributed by atoms with E-state index in [4.69, 9.17) is 9.84 Å². The second-order valence-corrected chi connectivity index (χ2v) is 6.74. The number of nitrogens with zero attached hydrogens (tertiary/aromatic N) is 2. The Morgan fingerprint density at radius 2 is 2.12 bits per heavy atom. The molecule has 1 fully saturated rings. The number of aliphatic carboxylic acids is 1. The van der Waals surface area contributed by atoms with Gasteiger partial charge < -0.3 is 19.3 Å². The van der Waals surface area contributed by atoms with Gasteiger partial charge in [-0.2, -0.15) is 0 Å². The normalized spacial score (nSPS) is 19.9. The van der Waals surface area contributed by atoms with E-state index in [1.165, 1.54) is 4.90 Å². The van der Waals surface area contributed by atoms with Gasteiger partial charge in [-0.15, -0.1) is 0 Å². The minimum atomic E-state index is -2.37. The zero-order valence-corrected chi connectivity index (χ0v) is 15.2. The highest BCUT2D eigenvalue weighted by Gasteiger charge is 2.47. The Labute approximate surface area is 151 Å². The molecule has 1 N–H and O–H groups in total. The Hall–Kier alpha value is -2.57. The van der Waals surface area contributed by atoms with Gasteiger partial charge in [0.05, 0.1) is 19.2 Å². The number of likely N-dealkylation sites (tertiary alicyclic amines) is 1. The maximum Gasteiger partial charge on any atom is 0.343 e. The number of carboxylic acids is 1. The number of aromatic nitrogens is 1. The number of aryl methyl sites for hydroxylation is 1. The molecule has 0 bridgehead atoms. The molecule has 1 atom stereocenters. The number of alkyl halides is 1. The van der Waals surface area contributed by atoms with E-state index in [-0.39, 0.29) is 18.9 Å². The number of carbonyl (C=O) groups is 2. The fourth-order valence-electron chi connectivity index (χ4n) is 3.65. The minimum Gasteiger partial charge on any atom is -0.497 e. The summed E-state index contributed by atoms with van der Waals surface area (Å²) in [6.45, 7) is 4.34. The molecule has 1 saturated heterocycles. The van der Waals surface area contributed by atoms with E-state index in [1.807, 2.05) is 19.1 Å². The Morgan fingerprint density at radius 1 is 1.38 bits per heavy atom. The standard InChI is InChI=1S/C19H23FN2O4/c1-4-8-22-12(2)16(14-10-13(26-3)5-6-15(14)22)17(23)21-9-7-19(20,11-21)18(24)25/h5-6,10H,4,7-9,11H2,1-3H3,(H,24,25). The Bertz CT molecular complexity index is 876. The third-order valence-electron chi connectivity index (χ3n) is 5.08. The molecule has 2 aromatic rings. The van der Waals surface area contributed by atoms with Crippen LogP contribution in [0.3, 0.4) is 0 Å². The van der Waals surface area contributed by atoms with Crippen LogP contribution in [-0.4, -0.2) is 52.3 Å². The summed E-state index contributed by atoms with van der Waals surface area (Å²) in [5.74, 6) is -1.22. The molecule has 3 rings (SSSR count). The van der Waals surface area contributed by atoms with E-state index in [9.17, 15) is 14.0 Å². The van der Waals surface area contributed by atoms with E-state index in [2.05, 4.69) is 11.5 Å². The molecular formula is C19H23FN2O4. The molecule has 6 nitrogen and oxygen atoms in total. The van der Waals surface area contributed by atoms with Crippen LogP contribution in [0.15, 0.2) is 18.2 Å². The third-order valence-corrected chi connectivity index (χ3v) is 5.08. The van der Waals surface area contributed by atoms with Gasteiger partial charge in [0.25, 0.3) is 5.91 Å². The molecule has 7 heteroatoms. The number of benzene rings is 1. The zero-order valence-electron chi connectivity index (χ0n) is 15.2. The molecule has 1 amide bonds. The van der Waals surface area contributed by atoms with Crippen molar-refractivity contribution in [1.29, 1.82) is 0 Å². The quantitative estimate of drug-likeness (QED) is 0.888. The van der Waals surface area contributed by atoms with Crippen LogP contribution in [0.5, 0.6) is 5.75 Å². The lowest BCUT2D eigenvalue weighted by atomic mass is 10.1. The third kappa shape index (κ3) is 2.81. The van der Waals surface area contributed by atoms with Gasteiger partial charge in [0.15, 0.2) is 0 Å². The number of halogens is 1. The average Bonchev–Trinajstić information content (AvgIpc) is 3.14. The van der Waals surface area contributed by atoms with Crippen molar-refractivity contribution in [2.75, 3.05) is 20.2 Å². The van der Waals surface area contributed by atoms with Crippen molar-refractivity contribution in [3.8, 4) is 5.75 Å². The van der Waals surface area contributed by atoms with Gasteiger partial charge in [0.2, 0.25) is 5.67 Å². The number of carboxylic acid groups (broad SMARTS) is 1. The Kier molecular flexibility index (Phi) is 4.64. The summed E-state index contributed by atoms with van der Waals surface area (Å²) in [4.78, 5) is 25.6. The fraction of sp³-hybridized carbons (Fsp3) is 0.474. The molecule has 1 aromatic heterocycles. The van der Waals surface area contributed by atoms with Crippen molar-refractivity contribution in [3.05, 3.63) is 29.5 Å². The Balaban J connectivity index is 2.07. The van der Waals surface area contributed by atoms with Gasteiger partial charge >= 0.3 is 5.97 Å². The van der Waals surface area contributed by atoms with Crippen LogP contribution < -0.4 is 4.74 Å². The lowest BCUT2D eigenvalue weighted by Crippen LogP contribution is -2.39. The largest absolute Gasteiger partial charge is 0.497 e. The lowest BCUT2D eigenvalue weighted by Gasteiger charge is -2.18. The highest BCUT2D eigenvalue weighted by molar-refractivity contribution is 6.09. The number of methoxy groups -OCH3 is 1. The number of carbonyl (C=O) groups excluding carboxylic acids is 1. The first-order valence-corrected chi connectivity index (χ1v) is 8.70. The predicted molar refractivity (Wildman–Crippen MR) is 95.5 cm³/mol. The molecule has 26 heavy (non-hydrogen) atoms. The van der Waals surface area contributed by atoms with Gasteiger partial charge in [-0.05, 0) is 31.5 Å². The summed E-state index contributed by atoms with van der Waals surface area (Å²) in [6.07, 6.45) is 0.713. The van der Waals surface area contributed by atoms with Crippen molar-refractivity contribution in [3.63, 3.8) is 0 Å². The number of amides is 1. The van der Waals surface area contributed by atoms with Crippen LogP contribution in [0.4, 0.5) is 4.39 Å². The summed E-state index contributed by atoms with van der Waals surface area (Å²) in [5.41, 5.74) is -0.172. The summed E-state index contributed by atoms with van der Waals surface area (Å²) in [5, 5.41) is 9.82. The highest BCUT2D eigenvalue weighted by Crippen LogP contribution is 2.33. The van der Waals surface area contributed by atoms with E-state index in [0.29, 0.717) is 11.3 Å². The first kappa shape index (κ1) is 18.2. The second-order valence-electron chi connectivity index (χ2n) is 6.74. The van der Waals surface area contributed by atoms with Crippen molar-refractivity contribution in [2.24, 2.45) is 0 Å². The molecule has 1 unspecified atom stereocenters. The summed E-state index contributed by atoms with van der Waals surface area (Å²) >= 11 is 0. The molecule has 140 valence electrons. The smallest absolute Gasteiger partial charge is 0.343 e. The molecule has 0 saturated carbocycles. The van der Waals surface area contributed by atoms with E-state index in [1.54, 1.807) is 13.2 Å². The van der Waals surface area contributed by atoms with Crippen LogP contribution in [0.25, 0.3) is 10.9 Å². The molecule has 1 aliphatic heterocycles. The van der Waals surface area contributed by atoms with Crippen LogP contribution in [0, 0.1) is 6.92 Å². The fourth-order valence-corrected chi connectivity index (χ4v) is 3.65. The zero-order chi connectivity index (χ0) is 19.1. The van der Waals surface area contributed by atoms with Crippen molar-refractivity contribution in [1.82, 2.24) is 9.47 Å². The predicted octanol–water partition coefficient (Wildman–Crippen LogP) is 3.01. The van der Waals surface area contributed by atoms with Crippen molar-refractivity contribution >= 4 is 22.8 Å². The number of fused-ring (bicyclic) bond motifs is 1. The number of rotatable bonds is 5. The highest BCUT2D eigenvalue weighted by atomic mass is 19.1. The maximum absolute atomic E-state index is 14.4. The van der Waals surface area contributed by atoms with E-state index < -0.39 is 18.2 Å². The molecule has 0 aliphatic carbocycles. The van der Waals surface area contributed by atoms with Gasteiger partial charge in [0, 0.05) is 36.1 Å². The van der Waals surface area contributed by atoms with Crippen molar-refractivity contribution in [2.45, 2.75) is 38.9 Å². The first-order chi connectivity index (χ1) is 12.3. The molecular weight excluding hydrogens is 339 g/mol. The summed E-state index contributed by atoms with van der Waals surface area (Å²) in [6, 6.07) is 5.56. The van der Waals surface area contributed by atoms with Crippen molar-refractivity contribution < 1.29 is 23.8 Å². The summed E-state index contributed by atoms with van der Waals surface area (Å²) < 4.78 is 21.8. The van der Waals surface area contributed by atoms with Crippen LogP contribution in [-0.2, 0) is 11.3 Å². The van der Waals surface area contributed by atoms with Crippen LogP contribution >= 0.6 is 0 Å². The van der Waals surface area contributed by atoms with Crippen LogP contribution in [0.1, 0.15) is 35.8 Å². The van der Waals surface area contributed by atoms with E-state index in [0.717, 1.165) is 29.6 Å². The molecule has 0 radical (unpaired) electrons. The summed E-state index contributed by atoms with van der Waals surface area (Å²) in [7, 11) is 1.56. The topological polar surface area (TPSA) is 71.8 Å². The molecule has 2 heterocycles. The van der Waals surface area contributed by atoms with Gasteiger partial charge in [0.1, 0.15) is 5.75 Å². The monoisotopic (exact) mass is 362 g/mol. The molecule has 0 spiro atoms. The number of hydrogen-bond donors (Lipinski definition) is 1. The molecule has 1 aliphatic rings.